The normalized spacial score (nSPS) is 27.3. The van der Waals surface area contributed by atoms with Gasteiger partial charge in [0.25, 0.3) is 0 Å². The Morgan fingerprint density at radius 1 is 1.47 bits per heavy atom. The summed E-state index contributed by atoms with van der Waals surface area (Å²) >= 11 is 5.60. The number of benzene rings is 1. The monoisotopic (exact) mass is 284 g/mol. The standard InChI is InChI=1S/C15H18ClFO2/c1-10-4-6-15(19,7-5-10)14(18)9-11-2-3-12(16)13(17)8-11/h2-3,8,10,19H,4-7,9H2,1H3. The van der Waals surface area contributed by atoms with Gasteiger partial charge in [-0.25, -0.2) is 4.39 Å². The minimum atomic E-state index is -1.23. The third-order valence-electron chi connectivity index (χ3n) is 3.97. The summed E-state index contributed by atoms with van der Waals surface area (Å²) in [5.41, 5.74) is -0.679. The molecule has 0 spiro atoms. The summed E-state index contributed by atoms with van der Waals surface area (Å²) in [7, 11) is 0. The van der Waals surface area contributed by atoms with Crippen LogP contribution in [0, 0.1) is 11.7 Å². The van der Waals surface area contributed by atoms with Gasteiger partial charge in [-0.1, -0.05) is 24.6 Å². The number of halogens is 2. The van der Waals surface area contributed by atoms with E-state index in [4.69, 9.17) is 11.6 Å². The number of hydrogen-bond acceptors (Lipinski definition) is 2. The summed E-state index contributed by atoms with van der Waals surface area (Å²) in [6.07, 6.45) is 2.78. The van der Waals surface area contributed by atoms with E-state index in [0.717, 1.165) is 12.8 Å². The van der Waals surface area contributed by atoms with Crippen LogP contribution in [0.3, 0.4) is 0 Å². The van der Waals surface area contributed by atoms with Crippen molar-refractivity contribution in [1.82, 2.24) is 0 Å². The van der Waals surface area contributed by atoms with E-state index in [1.54, 1.807) is 6.07 Å². The Bertz CT molecular complexity index is 479. The van der Waals surface area contributed by atoms with E-state index >= 15 is 0 Å². The highest BCUT2D eigenvalue weighted by Crippen LogP contribution is 2.33. The summed E-state index contributed by atoms with van der Waals surface area (Å²) in [5.74, 6) is -0.196. The van der Waals surface area contributed by atoms with Crippen molar-refractivity contribution >= 4 is 17.4 Å². The Morgan fingerprint density at radius 3 is 2.68 bits per heavy atom. The van der Waals surface area contributed by atoms with Crippen LogP contribution in [0.2, 0.25) is 5.02 Å². The summed E-state index contributed by atoms with van der Waals surface area (Å²) in [6, 6.07) is 4.32. The van der Waals surface area contributed by atoms with Crippen molar-refractivity contribution in [3.63, 3.8) is 0 Å². The molecule has 0 unspecified atom stereocenters. The molecule has 1 aromatic rings. The Morgan fingerprint density at radius 2 is 2.11 bits per heavy atom. The van der Waals surface area contributed by atoms with Gasteiger partial charge in [-0.3, -0.25) is 4.79 Å². The fraction of sp³-hybridized carbons (Fsp3) is 0.533. The van der Waals surface area contributed by atoms with Crippen LogP contribution < -0.4 is 0 Å². The number of ketones is 1. The van der Waals surface area contributed by atoms with Gasteiger partial charge in [-0.15, -0.1) is 0 Å². The van der Waals surface area contributed by atoms with Crippen molar-refractivity contribution < 1.29 is 14.3 Å². The first-order valence-electron chi connectivity index (χ1n) is 6.60. The van der Waals surface area contributed by atoms with E-state index in [-0.39, 0.29) is 17.2 Å². The molecule has 0 amide bonds. The van der Waals surface area contributed by atoms with Crippen LogP contribution in [0.5, 0.6) is 0 Å². The Balaban J connectivity index is 2.06. The van der Waals surface area contributed by atoms with Crippen LogP contribution >= 0.6 is 11.6 Å². The Hall–Kier alpha value is -0.930. The first-order chi connectivity index (χ1) is 8.90. The first-order valence-corrected chi connectivity index (χ1v) is 6.98. The maximum atomic E-state index is 13.3. The molecule has 1 saturated carbocycles. The van der Waals surface area contributed by atoms with Gasteiger partial charge in [0.15, 0.2) is 5.78 Å². The van der Waals surface area contributed by atoms with Crippen molar-refractivity contribution in [2.75, 3.05) is 0 Å². The zero-order chi connectivity index (χ0) is 14.0. The molecule has 0 saturated heterocycles. The Labute approximate surface area is 117 Å². The molecular weight excluding hydrogens is 267 g/mol. The molecule has 1 fully saturated rings. The van der Waals surface area contributed by atoms with Gasteiger partial charge in [-0.05, 0) is 49.3 Å². The molecule has 0 bridgehead atoms. The third kappa shape index (κ3) is 3.34. The molecule has 0 radical (unpaired) electrons. The predicted molar refractivity (Wildman–Crippen MR) is 72.7 cm³/mol. The molecule has 2 nitrogen and oxygen atoms in total. The number of rotatable bonds is 3. The molecule has 19 heavy (non-hydrogen) atoms. The predicted octanol–water partition coefficient (Wildman–Crippen LogP) is 3.53. The quantitative estimate of drug-likeness (QED) is 0.922. The number of hydrogen-bond donors (Lipinski definition) is 1. The van der Waals surface area contributed by atoms with Crippen molar-refractivity contribution in [3.8, 4) is 0 Å². The SMILES string of the molecule is CC1CCC(O)(C(=O)Cc2ccc(Cl)c(F)c2)CC1. The molecule has 1 aliphatic rings. The molecule has 0 aromatic heterocycles. The number of carbonyl (C=O) groups is 1. The van der Waals surface area contributed by atoms with E-state index in [0.29, 0.717) is 24.3 Å². The fourth-order valence-corrected chi connectivity index (χ4v) is 2.64. The number of aliphatic hydroxyl groups is 1. The molecule has 104 valence electrons. The highest BCUT2D eigenvalue weighted by Gasteiger charge is 2.38. The number of carbonyl (C=O) groups excluding carboxylic acids is 1. The average molecular weight is 285 g/mol. The maximum absolute atomic E-state index is 13.3. The first kappa shape index (κ1) is 14.5. The fourth-order valence-electron chi connectivity index (χ4n) is 2.52. The van der Waals surface area contributed by atoms with Crippen LogP contribution in [0.1, 0.15) is 38.2 Å². The van der Waals surface area contributed by atoms with Crippen LogP contribution in [-0.4, -0.2) is 16.5 Å². The van der Waals surface area contributed by atoms with Gasteiger partial charge in [0.05, 0.1) is 5.02 Å². The van der Waals surface area contributed by atoms with Gasteiger partial charge >= 0.3 is 0 Å². The van der Waals surface area contributed by atoms with Crippen LogP contribution in [-0.2, 0) is 11.2 Å². The topological polar surface area (TPSA) is 37.3 Å². The molecule has 4 heteroatoms. The molecule has 1 N–H and O–H groups in total. The molecule has 2 rings (SSSR count). The summed E-state index contributed by atoms with van der Waals surface area (Å²) in [5, 5.41) is 10.4. The largest absolute Gasteiger partial charge is 0.382 e. The van der Waals surface area contributed by atoms with E-state index in [1.807, 2.05) is 0 Å². The second-order valence-corrected chi connectivity index (χ2v) is 5.97. The van der Waals surface area contributed by atoms with Gasteiger partial charge < -0.3 is 5.11 Å². The van der Waals surface area contributed by atoms with Crippen molar-refractivity contribution in [2.45, 2.75) is 44.6 Å². The summed E-state index contributed by atoms with van der Waals surface area (Å²) in [6.45, 7) is 2.12. The molecule has 0 heterocycles. The minimum Gasteiger partial charge on any atom is -0.382 e. The van der Waals surface area contributed by atoms with Gasteiger partial charge in [-0.2, -0.15) is 0 Å². The lowest BCUT2D eigenvalue weighted by Gasteiger charge is -2.33. The molecule has 1 aromatic carbocycles. The van der Waals surface area contributed by atoms with E-state index in [1.165, 1.54) is 12.1 Å². The van der Waals surface area contributed by atoms with E-state index in [2.05, 4.69) is 6.92 Å². The van der Waals surface area contributed by atoms with E-state index in [9.17, 15) is 14.3 Å². The zero-order valence-electron chi connectivity index (χ0n) is 11.0. The number of Topliss-reactive ketones (excluding diaryl/α,β-unsaturated/α-hetero) is 1. The van der Waals surface area contributed by atoms with Gasteiger partial charge in [0, 0.05) is 6.42 Å². The van der Waals surface area contributed by atoms with Crippen LogP contribution in [0.15, 0.2) is 18.2 Å². The highest BCUT2D eigenvalue weighted by atomic mass is 35.5. The van der Waals surface area contributed by atoms with Gasteiger partial charge in [0.1, 0.15) is 11.4 Å². The van der Waals surface area contributed by atoms with Crippen LogP contribution in [0.25, 0.3) is 0 Å². The maximum Gasteiger partial charge on any atom is 0.168 e. The van der Waals surface area contributed by atoms with Crippen molar-refractivity contribution in [1.29, 1.82) is 0 Å². The second-order valence-electron chi connectivity index (χ2n) is 5.56. The lowest BCUT2D eigenvalue weighted by atomic mass is 9.76. The van der Waals surface area contributed by atoms with E-state index < -0.39 is 11.4 Å². The van der Waals surface area contributed by atoms with Crippen molar-refractivity contribution in [2.24, 2.45) is 5.92 Å². The minimum absolute atomic E-state index is 0.0430. The van der Waals surface area contributed by atoms with Gasteiger partial charge in [0.2, 0.25) is 0 Å². The Kier molecular flexibility index (Phi) is 4.26. The smallest absolute Gasteiger partial charge is 0.168 e. The van der Waals surface area contributed by atoms with Crippen molar-refractivity contribution in [3.05, 3.63) is 34.6 Å². The molecule has 0 aliphatic heterocycles. The lowest BCUT2D eigenvalue weighted by molar-refractivity contribution is -0.140. The molecule has 0 atom stereocenters. The van der Waals surface area contributed by atoms with Crippen LogP contribution in [0.4, 0.5) is 4.39 Å². The average Bonchev–Trinajstić information content (AvgIpc) is 2.37. The molecular formula is C15H18ClFO2. The lowest BCUT2D eigenvalue weighted by Crippen LogP contribution is -2.42. The summed E-state index contributed by atoms with van der Waals surface area (Å²) in [4.78, 5) is 12.2. The highest BCUT2D eigenvalue weighted by molar-refractivity contribution is 6.30. The second kappa shape index (κ2) is 5.59. The molecule has 1 aliphatic carbocycles. The summed E-state index contributed by atoms with van der Waals surface area (Å²) < 4.78 is 13.3. The third-order valence-corrected chi connectivity index (χ3v) is 4.28. The zero-order valence-corrected chi connectivity index (χ0v) is 11.7.